The Bertz CT molecular complexity index is 9840. The zero-order valence-electron chi connectivity index (χ0n) is 81.9. The van der Waals surface area contributed by atoms with Crippen molar-refractivity contribution < 1.29 is 13.7 Å². The van der Waals surface area contributed by atoms with E-state index < -0.39 is 21.4 Å². The largest absolute Gasteiger partial charge is 0.309 e. The van der Waals surface area contributed by atoms with Crippen molar-refractivity contribution in [2.24, 2.45) is 0 Å². The first-order valence-corrected chi connectivity index (χ1v) is 56.2. The van der Waals surface area contributed by atoms with Crippen LogP contribution in [-0.2, 0) is 13.7 Å². The number of rotatable bonds is 16. The molecule has 0 atom stereocenters. The van der Waals surface area contributed by atoms with Crippen molar-refractivity contribution in [2.45, 2.75) is 0 Å². The van der Waals surface area contributed by atoms with Gasteiger partial charge < -0.3 is 13.7 Å². The molecule has 0 aliphatic rings. The van der Waals surface area contributed by atoms with E-state index in [0.29, 0.717) is 0 Å². The van der Waals surface area contributed by atoms with Gasteiger partial charge in [-0.1, -0.05) is 540 Å². The van der Waals surface area contributed by atoms with Gasteiger partial charge in [0.2, 0.25) is 0 Å². The number of hydrogen-bond acceptors (Lipinski definition) is 4. The summed E-state index contributed by atoms with van der Waals surface area (Å²) in [6, 6.07) is 203. The van der Waals surface area contributed by atoms with Crippen LogP contribution in [-0.4, -0.2) is 4.98 Å². The third kappa shape index (κ3) is 16.5. The quantitative estimate of drug-likeness (QED) is 0.0549. The average molecular weight is 1970 g/mol. The number of nitrogens with zero attached hydrogens (tertiary/aromatic N) is 1. The van der Waals surface area contributed by atoms with Crippen LogP contribution in [0.5, 0.6) is 0 Å². The minimum atomic E-state index is -3.19. The normalized spacial score (nSPS) is 11.8. The number of benzene rings is 27. The summed E-state index contributed by atoms with van der Waals surface area (Å²) in [6.07, 6.45) is 0. The van der Waals surface area contributed by atoms with Gasteiger partial charge in [-0.3, -0.25) is 0 Å². The lowest BCUT2D eigenvalue weighted by atomic mass is 9.84. The predicted molar refractivity (Wildman–Crippen MR) is 643 cm³/mol. The minimum Gasteiger partial charge on any atom is -0.309 e. The Morgan fingerprint density at radius 2 is 0.347 bits per heavy atom. The zero-order chi connectivity index (χ0) is 100. The van der Waals surface area contributed by atoms with Crippen LogP contribution in [0.4, 0.5) is 0 Å². The molecule has 0 N–H and O–H groups in total. The summed E-state index contributed by atoms with van der Waals surface area (Å²) in [5, 5.41) is 33.8. The molecule has 0 amide bonds. The van der Waals surface area contributed by atoms with Crippen molar-refractivity contribution in [3.05, 3.63) is 582 Å². The van der Waals surface area contributed by atoms with E-state index in [-0.39, 0.29) is 0 Å². The van der Waals surface area contributed by atoms with Gasteiger partial charge in [-0.05, 0) is 212 Å². The van der Waals surface area contributed by atoms with Gasteiger partial charge in [-0.25, -0.2) is 4.98 Å². The average Bonchev–Trinajstić information content (AvgIpc) is 0.723. The number of fused-ring (bicyclic) bond motifs is 14. The van der Waals surface area contributed by atoms with Gasteiger partial charge >= 0.3 is 0 Å². The lowest BCUT2D eigenvalue weighted by molar-refractivity contribution is 0.591. The van der Waals surface area contributed by atoms with Crippen LogP contribution in [0.1, 0.15) is 0 Å². The van der Waals surface area contributed by atoms with E-state index in [4.69, 9.17) is 4.98 Å². The molecular formula is C143H96NO3P3. The standard InChI is InChI=1S/C52H35OP.C46H31OP.C45H30NOP/c53-54(44-19-3-1-4-20-44,45-21-5-2-6-22-45)46-23-13-18-40(34-46)41-30-31-49-50(35-41)52(43-29-27-37-15-8-10-17-39(37)33-43)48-25-12-11-24-47(48)51(49)42-28-26-36-14-7-9-16-38(36)32-42;47-48(38-16-2-1-3-17-38,39-26-22-32(23-27-39)45-41-18-8-4-12-34(41)30-35-13-5-9-19-42(35)45)40-28-24-33(25-29-40)46-43-20-10-6-14-36(43)31-37-15-7-11-21-44(37)46;47-48(36-16-3-1-4-17-36,37-18-5-2-6-19-37)38-26-22-31(23-27-38)34-14-11-15-35(30-34)43-41-28-24-32-12-7-9-20-39(32)44(41)46-45-40-21-10-8-13-33(40)25-29-42(43)45/h1-35H;1-31H;1-30H. The fourth-order valence-corrected chi connectivity index (χ4v) is 30.8. The van der Waals surface area contributed by atoms with Crippen LogP contribution in [0.3, 0.4) is 0 Å². The van der Waals surface area contributed by atoms with Gasteiger partial charge in [0.05, 0.1) is 11.0 Å². The highest BCUT2D eigenvalue weighted by Gasteiger charge is 2.34. The topological polar surface area (TPSA) is 64.1 Å². The van der Waals surface area contributed by atoms with E-state index in [9.17, 15) is 4.57 Å². The van der Waals surface area contributed by atoms with Crippen molar-refractivity contribution >= 4 is 199 Å². The van der Waals surface area contributed by atoms with E-state index in [1.165, 1.54) is 136 Å². The molecule has 0 aliphatic heterocycles. The van der Waals surface area contributed by atoms with E-state index in [0.717, 1.165) is 119 Å². The molecular weight excluding hydrogens is 1870 g/mol. The van der Waals surface area contributed by atoms with E-state index >= 15 is 9.13 Å². The van der Waals surface area contributed by atoms with E-state index in [2.05, 4.69) is 413 Å². The molecule has 0 unspecified atom stereocenters. The van der Waals surface area contributed by atoms with Crippen molar-refractivity contribution in [1.29, 1.82) is 0 Å². The summed E-state index contributed by atoms with van der Waals surface area (Å²) in [5.41, 5.74) is 18.1. The van der Waals surface area contributed by atoms with Crippen LogP contribution in [0.25, 0.3) is 207 Å². The van der Waals surface area contributed by atoms with Gasteiger partial charge in [0, 0.05) is 74.8 Å². The van der Waals surface area contributed by atoms with Crippen molar-refractivity contribution in [3.8, 4) is 77.9 Å². The molecule has 0 fully saturated rings. The third-order valence-corrected chi connectivity index (χ3v) is 39.3. The van der Waals surface area contributed by atoms with Crippen LogP contribution < -0.4 is 47.7 Å². The van der Waals surface area contributed by atoms with Gasteiger partial charge in [0.15, 0.2) is 21.4 Å². The van der Waals surface area contributed by atoms with Gasteiger partial charge in [-0.2, -0.15) is 0 Å². The smallest absolute Gasteiger partial charge is 0.171 e. The molecule has 4 nitrogen and oxygen atoms in total. The Balaban J connectivity index is 0.000000114. The zero-order valence-corrected chi connectivity index (χ0v) is 84.6. The molecule has 28 rings (SSSR count). The van der Waals surface area contributed by atoms with Gasteiger partial charge in [0.25, 0.3) is 0 Å². The van der Waals surface area contributed by atoms with Crippen molar-refractivity contribution in [1.82, 2.24) is 4.98 Å². The van der Waals surface area contributed by atoms with Crippen molar-refractivity contribution in [2.75, 3.05) is 0 Å². The Labute approximate surface area is 871 Å². The van der Waals surface area contributed by atoms with Gasteiger partial charge in [-0.15, -0.1) is 0 Å². The highest BCUT2D eigenvalue weighted by atomic mass is 31.2. The summed E-state index contributed by atoms with van der Waals surface area (Å²) >= 11 is 0. The maximum Gasteiger partial charge on any atom is 0.171 e. The fourth-order valence-electron chi connectivity index (χ4n) is 22.8. The Kier molecular flexibility index (Phi) is 23.9. The summed E-state index contributed by atoms with van der Waals surface area (Å²) in [7, 11) is -9.39. The number of hydrogen-bond donors (Lipinski definition) is 0. The second kappa shape index (κ2) is 39.0. The predicted octanol–water partition coefficient (Wildman–Crippen LogP) is 34.9. The maximum atomic E-state index is 15.6. The molecule has 706 valence electrons. The molecule has 150 heavy (non-hydrogen) atoms. The second-order valence-electron chi connectivity index (χ2n) is 38.7. The van der Waals surface area contributed by atoms with Crippen LogP contribution in [0.15, 0.2) is 582 Å². The maximum absolute atomic E-state index is 15.6. The Morgan fingerprint density at radius 3 is 0.740 bits per heavy atom. The molecule has 0 radical (unpaired) electrons. The summed E-state index contributed by atoms with van der Waals surface area (Å²) in [5.74, 6) is 0. The Hall–Kier alpha value is -18.1. The van der Waals surface area contributed by atoms with E-state index in [1.807, 2.05) is 170 Å². The summed E-state index contributed by atoms with van der Waals surface area (Å²) in [4.78, 5) is 5.36. The monoisotopic (exact) mass is 1970 g/mol. The molecule has 0 spiro atoms. The van der Waals surface area contributed by atoms with Crippen molar-refractivity contribution in [3.63, 3.8) is 0 Å². The van der Waals surface area contributed by atoms with Crippen LogP contribution in [0, 0.1) is 0 Å². The SMILES string of the molecule is O=P(c1ccccc1)(c1ccc(-c2c3ccccc3cc3ccccc23)cc1)c1ccc(-c2c3ccccc3cc3ccccc23)cc1.O=P(c1ccccc1)(c1ccccc1)c1ccc(-c2cccc(-c3c4ccc5ccccc5c4nc4c3ccc3ccccc34)c2)cc1.O=P(c1ccccc1)(c1ccccc1)c1cccc(-c2ccc3c(-c4ccc5ccccc5c4)c4ccccc4c(-c4ccc5ccccc5c4)c3c2)c1. The van der Waals surface area contributed by atoms with Gasteiger partial charge in [0.1, 0.15) is 0 Å². The second-order valence-corrected chi connectivity index (χ2v) is 47.0. The number of aromatic nitrogens is 1. The van der Waals surface area contributed by atoms with Crippen LogP contribution in [0.2, 0.25) is 0 Å². The molecule has 0 saturated heterocycles. The fraction of sp³-hybridized carbons (Fsp3) is 0. The highest BCUT2D eigenvalue weighted by Crippen LogP contribution is 2.52. The first-order valence-electron chi connectivity index (χ1n) is 51.1. The summed E-state index contributed by atoms with van der Waals surface area (Å²) in [6.45, 7) is 0. The minimum absolute atomic E-state index is 0.822. The molecule has 0 saturated carbocycles. The molecule has 1 aromatic heterocycles. The number of pyridine rings is 1. The molecule has 1 heterocycles. The first-order chi connectivity index (χ1) is 74.0. The molecule has 27 aromatic carbocycles. The molecule has 0 aliphatic carbocycles. The molecule has 0 bridgehead atoms. The van der Waals surface area contributed by atoms with E-state index in [1.54, 1.807) is 0 Å². The lowest BCUT2D eigenvalue weighted by Crippen LogP contribution is -2.25. The first kappa shape index (κ1) is 91.8. The highest BCUT2D eigenvalue weighted by molar-refractivity contribution is 7.86. The lowest BCUT2D eigenvalue weighted by Gasteiger charge is -2.21. The Morgan fingerprint density at radius 1 is 0.113 bits per heavy atom. The third-order valence-electron chi connectivity index (χ3n) is 30.1. The van der Waals surface area contributed by atoms with Crippen LogP contribution >= 0.6 is 21.4 Å². The molecule has 28 aromatic rings. The molecule has 7 heteroatoms. The summed E-state index contributed by atoms with van der Waals surface area (Å²) < 4.78 is 45.9.